The highest BCUT2D eigenvalue weighted by atomic mass is 32.1. The van der Waals surface area contributed by atoms with Crippen LogP contribution in [-0.2, 0) is 0 Å². The minimum Gasteiger partial charge on any atom is -0.318 e. The Morgan fingerprint density at radius 3 is 2.38 bits per heavy atom. The number of likely N-dealkylation sites (N-methyl/N-ethyl adjacent to an activating group) is 2. The summed E-state index contributed by atoms with van der Waals surface area (Å²) < 4.78 is 0. The van der Waals surface area contributed by atoms with E-state index >= 15 is 0 Å². The molecule has 3 N–H and O–H groups in total. The van der Waals surface area contributed by atoms with Crippen LogP contribution in [0.25, 0.3) is 0 Å². The Kier molecular flexibility index (Phi) is 8.97. The molecule has 0 aliphatic carbocycles. The average Bonchev–Trinajstić information content (AvgIpc) is 2.12. The molecule has 0 heterocycles. The van der Waals surface area contributed by atoms with Gasteiger partial charge in [-0.05, 0) is 20.5 Å². The van der Waals surface area contributed by atoms with Gasteiger partial charge in [0.15, 0.2) is 0 Å². The molecule has 0 aromatic rings. The summed E-state index contributed by atoms with van der Waals surface area (Å²) >= 11 is 4.28. The Morgan fingerprint density at radius 1 is 1.23 bits per heavy atom. The summed E-state index contributed by atoms with van der Waals surface area (Å²) in [6, 6.07) is 0.999. The molecule has 0 rings (SSSR count). The first kappa shape index (κ1) is 13.2. The normalized spacial score (nSPS) is 15.7. The predicted octanol–water partition coefficient (Wildman–Crippen LogP) is 0.0918. The third-order valence-corrected chi connectivity index (χ3v) is 2.38. The Labute approximate surface area is 87.5 Å². The van der Waals surface area contributed by atoms with Crippen molar-refractivity contribution in [3.63, 3.8) is 0 Å². The van der Waals surface area contributed by atoms with Crippen molar-refractivity contribution in [1.82, 2.24) is 16.0 Å². The second kappa shape index (κ2) is 8.81. The average molecular weight is 205 g/mol. The summed E-state index contributed by atoms with van der Waals surface area (Å²) in [6.07, 6.45) is 0. The van der Waals surface area contributed by atoms with Gasteiger partial charge in [0.2, 0.25) is 0 Å². The summed E-state index contributed by atoms with van der Waals surface area (Å²) in [5.74, 6) is 0.875. The molecule has 0 aromatic heterocycles. The maximum Gasteiger partial charge on any atom is 0.0281 e. The lowest BCUT2D eigenvalue weighted by molar-refractivity contribution is 0.463. The standard InChI is InChI=1S/C9H23N3S/c1-4-11-8(2)5-12-9(7-13)6-10-3/h8-13H,4-7H2,1-3H3. The molecule has 0 radical (unpaired) electrons. The van der Waals surface area contributed by atoms with E-state index in [9.17, 15) is 0 Å². The van der Waals surface area contributed by atoms with Gasteiger partial charge in [0.1, 0.15) is 0 Å². The van der Waals surface area contributed by atoms with Crippen LogP contribution in [0, 0.1) is 0 Å². The van der Waals surface area contributed by atoms with E-state index in [0.29, 0.717) is 12.1 Å². The molecule has 80 valence electrons. The van der Waals surface area contributed by atoms with Crippen LogP contribution in [0.5, 0.6) is 0 Å². The minimum absolute atomic E-state index is 0.467. The van der Waals surface area contributed by atoms with E-state index in [-0.39, 0.29) is 0 Å². The Bertz CT molecular complexity index is 111. The Balaban J connectivity index is 3.46. The zero-order valence-corrected chi connectivity index (χ0v) is 9.82. The highest BCUT2D eigenvalue weighted by molar-refractivity contribution is 7.80. The molecule has 3 nitrogen and oxygen atoms in total. The lowest BCUT2D eigenvalue weighted by Crippen LogP contribution is -2.45. The monoisotopic (exact) mass is 205 g/mol. The van der Waals surface area contributed by atoms with Gasteiger partial charge in [0.25, 0.3) is 0 Å². The number of hydrogen-bond donors (Lipinski definition) is 4. The zero-order chi connectivity index (χ0) is 10.1. The van der Waals surface area contributed by atoms with Gasteiger partial charge in [0.05, 0.1) is 0 Å². The van der Waals surface area contributed by atoms with Gasteiger partial charge in [-0.2, -0.15) is 12.6 Å². The van der Waals surface area contributed by atoms with E-state index in [2.05, 4.69) is 42.4 Å². The molecule has 0 aliphatic rings. The molecule has 0 aliphatic heterocycles. The first-order chi connectivity index (χ1) is 6.24. The second-order valence-corrected chi connectivity index (χ2v) is 3.67. The van der Waals surface area contributed by atoms with Crippen LogP contribution >= 0.6 is 12.6 Å². The third-order valence-electron chi connectivity index (χ3n) is 1.94. The van der Waals surface area contributed by atoms with Crippen LogP contribution in [0.4, 0.5) is 0 Å². The summed E-state index contributed by atoms with van der Waals surface area (Å²) in [7, 11) is 1.96. The van der Waals surface area contributed by atoms with E-state index in [0.717, 1.165) is 25.4 Å². The lowest BCUT2D eigenvalue weighted by Gasteiger charge is -2.19. The highest BCUT2D eigenvalue weighted by Gasteiger charge is 2.06. The maximum atomic E-state index is 4.28. The van der Waals surface area contributed by atoms with E-state index in [1.165, 1.54) is 0 Å². The molecule has 13 heavy (non-hydrogen) atoms. The zero-order valence-electron chi connectivity index (χ0n) is 8.93. The van der Waals surface area contributed by atoms with Crippen molar-refractivity contribution in [2.45, 2.75) is 25.9 Å². The smallest absolute Gasteiger partial charge is 0.0281 e. The quantitative estimate of drug-likeness (QED) is 0.424. The summed E-state index contributed by atoms with van der Waals surface area (Å²) in [5, 5.41) is 9.96. The van der Waals surface area contributed by atoms with E-state index in [1.54, 1.807) is 0 Å². The number of hydrogen-bond acceptors (Lipinski definition) is 4. The molecule has 2 unspecified atom stereocenters. The molecule has 0 saturated carbocycles. The van der Waals surface area contributed by atoms with Gasteiger partial charge in [-0.15, -0.1) is 0 Å². The van der Waals surface area contributed by atoms with Crippen LogP contribution in [0.2, 0.25) is 0 Å². The maximum absolute atomic E-state index is 4.28. The fourth-order valence-electron chi connectivity index (χ4n) is 1.21. The van der Waals surface area contributed by atoms with Crippen molar-refractivity contribution < 1.29 is 0 Å². The van der Waals surface area contributed by atoms with Crippen LogP contribution < -0.4 is 16.0 Å². The Hall–Kier alpha value is 0.230. The van der Waals surface area contributed by atoms with Gasteiger partial charge in [-0.1, -0.05) is 6.92 Å². The van der Waals surface area contributed by atoms with Gasteiger partial charge >= 0.3 is 0 Å². The van der Waals surface area contributed by atoms with Crippen molar-refractivity contribution >= 4 is 12.6 Å². The lowest BCUT2D eigenvalue weighted by atomic mass is 10.3. The van der Waals surface area contributed by atoms with Gasteiger partial charge < -0.3 is 16.0 Å². The fourth-order valence-corrected chi connectivity index (χ4v) is 1.47. The molecular formula is C9H23N3S. The highest BCUT2D eigenvalue weighted by Crippen LogP contribution is 1.87. The first-order valence-electron chi connectivity index (χ1n) is 4.96. The molecule has 0 spiro atoms. The Morgan fingerprint density at radius 2 is 1.92 bits per heavy atom. The van der Waals surface area contributed by atoms with Crippen molar-refractivity contribution in [2.75, 3.05) is 32.4 Å². The molecule has 0 fully saturated rings. The fraction of sp³-hybridized carbons (Fsp3) is 1.00. The van der Waals surface area contributed by atoms with Crippen LogP contribution in [-0.4, -0.2) is 44.5 Å². The summed E-state index contributed by atoms with van der Waals surface area (Å²) in [4.78, 5) is 0. The number of rotatable bonds is 8. The van der Waals surface area contributed by atoms with E-state index in [4.69, 9.17) is 0 Å². The van der Waals surface area contributed by atoms with Crippen molar-refractivity contribution in [3.05, 3.63) is 0 Å². The van der Waals surface area contributed by atoms with E-state index in [1.807, 2.05) is 7.05 Å². The molecule has 4 heteroatoms. The molecular weight excluding hydrogens is 182 g/mol. The van der Waals surface area contributed by atoms with Crippen molar-refractivity contribution in [3.8, 4) is 0 Å². The third kappa shape index (κ3) is 7.31. The molecule has 2 atom stereocenters. The van der Waals surface area contributed by atoms with Crippen molar-refractivity contribution in [1.29, 1.82) is 0 Å². The van der Waals surface area contributed by atoms with Crippen molar-refractivity contribution in [2.24, 2.45) is 0 Å². The van der Waals surface area contributed by atoms with Gasteiger partial charge in [-0.3, -0.25) is 0 Å². The van der Waals surface area contributed by atoms with Crippen LogP contribution in [0.15, 0.2) is 0 Å². The molecule has 0 amide bonds. The molecule has 0 aromatic carbocycles. The van der Waals surface area contributed by atoms with Gasteiger partial charge in [0, 0.05) is 30.9 Å². The summed E-state index contributed by atoms with van der Waals surface area (Å²) in [5.41, 5.74) is 0. The SMILES string of the molecule is CCNC(C)CNC(CS)CNC. The topological polar surface area (TPSA) is 36.1 Å². The van der Waals surface area contributed by atoms with Gasteiger partial charge in [-0.25, -0.2) is 0 Å². The number of thiol groups is 1. The predicted molar refractivity (Wildman–Crippen MR) is 62.7 cm³/mol. The number of nitrogens with one attached hydrogen (secondary N) is 3. The largest absolute Gasteiger partial charge is 0.318 e. The minimum atomic E-state index is 0.467. The van der Waals surface area contributed by atoms with E-state index < -0.39 is 0 Å². The first-order valence-corrected chi connectivity index (χ1v) is 5.60. The second-order valence-electron chi connectivity index (χ2n) is 3.30. The van der Waals surface area contributed by atoms with Crippen LogP contribution in [0.3, 0.4) is 0 Å². The van der Waals surface area contributed by atoms with Crippen LogP contribution in [0.1, 0.15) is 13.8 Å². The molecule has 0 bridgehead atoms. The summed E-state index contributed by atoms with van der Waals surface area (Å²) in [6.45, 7) is 7.31. The molecule has 0 saturated heterocycles.